The van der Waals surface area contributed by atoms with Crippen molar-refractivity contribution in [1.82, 2.24) is 4.90 Å². The molecular formula is C14H18ClNO3. The number of carbonyl (C=O) groups is 1. The molecular weight excluding hydrogens is 266 g/mol. The predicted molar refractivity (Wildman–Crippen MR) is 74.1 cm³/mol. The average molecular weight is 284 g/mol. The van der Waals surface area contributed by atoms with Gasteiger partial charge in [-0.3, -0.25) is 4.79 Å². The highest BCUT2D eigenvalue weighted by atomic mass is 35.5. The second-order valence-corrected chi connectivity index (χ2v) is 5.03. The van der Waals surface area contributed by atoms with E-state index >= 15 is 0 Å². The van der Waals surface area contributed by atoms with Crippen LogP contribution in [0.2, 0.25) is 0 Å². The highest BCUT2D eigenvalue weighted by molar-refractivity contribution is 6.18. The average Bonchev–Trinajstić information content (AvgIpc) is 2.35. The number of rotatable bonds is 5. The fraction of sp³-hybridized carbons (Fsp3) is 0.500. The zero-order chi connectivity index (χ0) is 13.8. The van der Waals surface area contributed by atoms with Crippen molar-refractivity contribution in [2.24, 2.45) is 0 Å². The van der Waals surface area contributed by atoms with Crippen LogP contribution in [0.3, 0.4) is 0 Å². The molecule has 1 aromatic carbocycles. The fourth-order valence-corrected chi connectivity index (χ4v) is 2.40. The zero-order valence-electron chi connectivity index (χ0n) is 10.9. The summed E-state index contributed by atoms with van der Waals surface area (Å²) in [5, 5.41) is 9.92. The molecule has 1 saturated carbocycles. The van der Waals surface area contributed by atoms with E-state index in [0.717, 1.165) is 19.3 Å². The smallest absolute Gasteiger partial charge is 0.257 e. The molecule has 104 valence electrons. The number of ether oxygens (including phenoxy) is 1. The van der Waals surface area contributed by atoms with E-state index in [4.69, 9.17) is 16.3 Å². The van der Waals surface area contributed by atoms with Gasteiger partial charge in [-0.15, -0.1) is 11.6 Å². The first-order chi connectivity index (χ1) is 9.17. The van der Waals surface area contributed by atoms with Crippen LogP contribution in [0.25, 0.3) is 0 Å². The number of hydrogen-bond acceptors (Lipinski definition) is 3. The van der Waals surface area contributed by atoms with Crippen LogP contribution < -0.4 is 4.74 Å². The summed E-state index contributed by atoms with van der Waals surface area (Å²) in [5.74, 6) is 0.717. The predicted octanol–water partition coefficient (Wildman–Crippen LogP) is 2.63. The lowest BCUT2D eigenvalue weighted by Crippen LogP contribution is -2.45. The first-order valence-electron chi connectivity index (χ1n) is 6.41. The third kappa shape index (κ3) is 2.95. The minimum atomic E-state index is -0.162. The topological polar surface area (TPSA) is 49.8 Å². The Hall–Kier alpha value is -1.42. The Bertz CT molecular complexity index is 460. The van der Waals surface area contributed by atoms with Gasteiger partial charge in [0.25, 0.3) is 5.91 Å². The number of phenols is 1. The fourth-order valence-electron chi connectivity index (χ4n) is 2.21. The van der Waals surface area contributed by atoms with E-state index in [0.29, 0.717) is 23.7 Å². The summed E-state index contributed by atoms with van der Waals surface area (Å²) in [5.41, 5.74) is 0.304. The molecule has 2 rings (SSSR count). The van der Waals surface area contributed by atoms with Gasteiger partial charge >= 0.3 is 0 Å². The molecule has 0 spiro atoms. The number of carbonyl (C=O) groups excluding carboxylic acids is 1. The van der Waals surface area contributed by atoms with Gasteiger partial charge in [0.1, 0.15) is 11.5 Å². The Labute approximate surface area is 117 Å². The van der Waals surface area contributed by atoms with Crippen LogP contribution in [0.4, 0.5) is 0 Å². The van der Waals surface area contributed by atoms with Crippen LogP contribution in [-0.2, 0) is 0 Å². The Morgan fingerprint density at radius 2 is 2.26 bits per heavy atom. The molecule has 1 aromatic rings. The lowest BCUT2D eigenvalue weighted by atomic mass is 9.91. The molecule has 0 aliphatic heterocycles. The minimum absolute atomic E-state index is 0.0526. The van der Waals surface area contributed by atoms with E-state index in [-0.39, 0.29) is 17.7 Å². The third-order valence-electron chi connectivity index (χ3n) is 3.54. The molecule has 0 saturated heterocycles. The molecule has 0 atom stereocenters. The number of methoxy groups -OCH3 is 1. The van der Waals surface area contributed by atoms with Gasteiger partial charge in [-0.25, -0.2) is 0 Å². The van der Waals surface area contributed by atoms with Gasteiger partial charge in [0.2, 0.25) is 0 Å². The van der Waals surface area contributed by atoms with Crippen molar-refractivity contribution < 1.29 is 14.6 Å². The first-order valence-corrected chi connectivity index (χ1v) is 6.94. The molecule has 1 N–H and O–H groups in total. The molecule has 1 aliphatic carbocycles. The summed E-state index contributed by atoms with van der Waals surface area (Å²) in [6.07, 6.45) is 3.17. The van der Waals surface area contributed by atoms with Crippen LogP contribution in [0.15, 0.2) is 18.2 Å². The van der Waals surface area contributed by atoms with Gasteiger partial charge in [0, 0.05) is 24.5 Å². The first kappa shape index (κ1) is 14.0. The Kier molecular flexibility index (Phi) is 4.53. The van der Waals surface area contributed by atoms with Gasteiger partial charge in [-0.05, 0) is 31.4 Å². The molecule has 19 heavy (non-hydrogen) atoms. The van der Waals surface area contributed by atoms with Crippen LogP contribution >= 0.6 is 11.6 Å². The highest BCUT2D eigenvalue weighted by Crippen LogP contribution is 2.29. The monoisotopic (exact) mass is 283 g/mol. The van der Waals surface area contributed by atoms with Gasteiger partial charge < -0.3 is 14.7 Å². The van der Waals surface area contributed by atoms with E-state index in [1.165, 1.54) is 13.2 Å². The largest absolute Gasteiger partial charge is 0.507 e. The van der Waals surface area contributed by atoms with Gasteiger partial charge in [-0.2, -0.15) is 0 Å². The number of alkyl halides is 1. The van der Waals surface area contributed by atoms with E-state index in [9.17, 15) is 9.90 Å². The number of benzene rings is 1. The molecule has 0 heterocycles. The molecule has 1 amide bonds. The second kappa shape index (κ2) is 6.15. The molecule has 0 radical (unpaired) electrons. The number of amides is 1. The zero-order valence-corrected chi connectivity index (χ0v) is 11.7. The Morgan fingerprint density at radius 3 is 2.74 bits per heavy atom. The summed E-state index contributed by atoms with van der Waals surface area (Å²) < 4.78 is 5.01. The Morgan fingerprint density at radius 1 is 1.53 bits per heavy atom. The van der Waals surface area contributed by atoms with Crippen molar-refractivity contribution in [3.05, 3.63) is 23.8 Å². The molecule has 1 fully saturated rings. The van der Waals surface area contributed by atoms with E-state index in [1.54, 1.807) is 17.0 Å². The van der Waals surface area contributed by atoms with Crippen LogP contribution in [-0.4, -0.2) is 41.5 Å². The lowest BCUT2D eigenvalue weighted by molar-refractivity contribution is 0.0595. The van der Waals surface area contributed by atoms with E-state index < -0.39 is 0 Å². The third-order valence-corrected chi connectivity index (χ3v) is 3.71. The molecule has 0 aromatic heterocycles. The van der Waals surface area contributed by atoms with Crippen molar-refractivity contribution in [2.45, 2.75) is 25.3 Å². The summed E-state index contributed by atoms with van der Waals surface area (Å²) in [7, 11) is 1.52. The summed E-state index contributed by atoms with van der Waals surface area (Å²) in [4.78, 5) is 14.2. The number of halogens is 1. The summed E-state index contributed by atoms with van der Waals surface area (Å²) in [6.45, 7) is 0.510. The highest BCUT2D eigenvalue weighted by Gasteiger charge is 2.30. The number of phenolic OH excluding ortho intramolecular Hbond substituents is 1. The van der Waals surface area contributed by atoms with Crippen molar-refractivity contribution in [3.8, 4) is 11.5 Å². The SMILES string of the molecule is COc1ccc(C(=O)N(CCCl)C2CCC2)c(O)c1. The van der Waals surface area contributed by atoms with E-state index in [1.807, 2.05) is 0 Å². The number of aromatic hydroxyl groups is 1. The molecule has 5 heteroatoms. The van der Waals surface area contributed by atoms with Crippen molar-refractivity contribution in [2.75, 3.05) is 19.5 Å². The van der Waals surface area contributed by atoms with Crippen LogP contribution in [0.1, 0.15) is 29.6 Å². The van der Waals surface area contributed by atoms with Crippen molar-refractivity contribution >= 4 is 17.5 Å². The van der Waals surface area contributed by atoms with Gasteiger partial charge in [0.15, 0.2) is 0 Å². The molecule has 0 unspecified atom stereocenters. The Balaban J connectivity index is 2.20. The summed E-state index contributed by atoms with van der Waals surface area (Å²) >= 11 is 5.76. The maximum Gasteiger partial charge on any atom is 0.257 e. The van der Waals surface area contributed by atoms with E-state index in [2.05, 4.69) is 0 Å². The molecule has 0 bridgehead atoms. The quantitative estimate of drug-likeness (QED) is 0.845. The minimum Gasteiger partial charge on any atom is -0.507 e. The van der Waals surface area contributed by atoms with Crippen molar-refractivity contribution in [1.29, 1.82) is 0 Å². The number of nitrogens with zero attached hydrogens (tertiary/aromatic N) is 1. The van der Waals surface area contributed by atoms with Crippen LogP contribution in [0, 0.1) is 0 Å². The molecule has 1 aliphatic rings. The van der Waals surface area contributed by atoms with Gasteiger partial charge in [-0.1, -0.05) is 0 Å². The van der Waals surface area contributed by atoms with Crippen molar-refractivity contribution in [3.63, 3.8) is 0 Å². The second-order valence-electron chi connectivity index (χ2n) is 4.66. The maximum absolute atomic E-state index is 12.5. The standard InChI is InChI=1S/C14H18ClNO3/c1-19-11-5-6-12(13(17)9-11)14(18)16(8-7-15)10-3-2-4-10/h5-6,9-10,17H,2-4,7-8H2,1H3. The van der Waals surface area contributed by atoms with Gasteiger partial charge in [0.05, 0.1) is 12.7 Å². The normalized spacial score (nSPS) is 14.8. The van der Waals surface area contributed by atoms with Crippen LogP contribution in [0.5, 0.6) is 11.5 Å². The number of hydrogen-bond donors (Lipinski definition) is 1. The lowest BCUT2D eigenvalue weighted by Gasteiger charge is -2.37. The molecule has 4 nitrogen and oxygen atoms in total. The summed E-state index contributed by atoms with van der Waals surface area (Å²) in [6, 6.07) is 4.98. The maximum atomic E-state index is 12.5.